The Hall–Kier alpha value is -2.72. The Kier molecular flexibility index (Phi) is 5.40. The van der Waals surface area contributed by atoms with Crippen LogP contribution in [0.25, 0.3) is 15.7 Å². The summed E-state index contributed by atoms with van der Waals surface area (Å²) in [7, 11) is 0. The van der Waals surface area contributed by atoms with Crippen LogP contribution >= 0.6 is 0 Å². The zero-order valence-corrected chi connectivity index (χ0v) is 15.8. The van der Waals surface area contributed by atoms with Crippen LogP contribution in [-0.2, 0) is 4.79 Å². The first-order valence-corrected chi connectivity index (χ1v) is 9.77. The number of fused-ring (bicyclic) bond motifs is 1. The van der Waals surface area contributed by atoms with Gasteiger partial charge in [0.25, 0.3) is 6.57 Å². The van der Waals surface area contributed by atoms with Crippen molar-refractivity contribution in [1.29, 1.82) is 0 Å². The van der Waals surface area contributed by atoms with Crippen molar-refractivity contribution in [2.24, 2.45) is 0 Å². The number of carbonyl (C=O) groups is 1. The Bertz CT molecular complexity index is 905. The van der Waals surface area contributed by atoms with Crippen molar-refractivity contribution in [1.82, 2.24) is 14.8 Å². The van der Waals surface area contributed by atoms with E-state index in [9.17, 15) is 9.18 Å². The van der Waals surface area contributed by atoms with Crippen LogP contribution in [0.5, 0.6) is 5.75 Å². The van der Waals surface area contributed by atoms with Gasteiger partial charge in [-0.3, -0.25) is 19.6 Å². The number of aromatic nitrogens is 1. The van der Waals surface area contributed by atoms with Crippen LogP contribution in [0.1, 0.15) is 25.7 Å². The molecule has 2 aromatic rings. The van der Waals surface area contributed by atoms with Crippen LogP contribution in [0.2, 0.25) is 0 Å². The lowest BCUT2D eigenvalue weighted by molar-refractivity contribution is -0.133. The minimum absolute atomic E-state index is 0.0406. The highest BCUT2D eigenvalue weighted by atomic mass is 19.1. The Balaban J connectivity index is 1.33. The van der Waals surface area contributed by atoms with Gasteiger partial charge in [0.05, 0.1) is 18.5 Å². The summed E-state index contributed by atoms with van der Waals surface area (Å²) in [6, 6.07) is 6.30. The number of amides is 1. The lowest BCUT2D eigenvalue weighted by Crippen LogP contribution is -2.45. The average Bonchev–Trinajstić information content (AvgIpc) is 3.19. The van der Waals surface area contributed by atoms with Crippen molar-refractivity contribution < 1.29 is 13.9 Å². The predicted molar refractivity (Wildman–Crippen MR) is 105 cm³/mol. The smallest absolute Gasteiger partial charge is 0.349 e. The van der Waals surface area contributed by atoms with E-state index in [2.05, 4.69) is 14.7 Å². The van der Waals surface area contributed by atoms with Crippen LogP contribution in [-0.4, -0.2) is 59.1 Å². The first-order valence-electron chi connectivity index (χ1n) is 9.77. The van der Waals surface area contributed by atoms with E-state index in [1.807, 2.05) is 0 Å². The van der Waals surface area contributed by atoms with Gasteiger partial charge in [-0.2, -0.15) is 0 Å². The molecule has 1 aromatic carbocycles. The second-order valence-corrected chi connectivity index (χ2v) is 7.42. The van der Waals surface area contributed by atoms with Gasteiger partial charge >= 0.3 is 6.17 Å². The van der Waals surface area contributed by atoms with Gasteiger partial charge in [-0.15, -0.1) is 0 Å². The second-order valence-electron chi connectivity index (χ2n) is 7.42. The normalized spacial score (nSPS) is 21.0. The molecule has 0 saturated carbocycles. The average molecular weight is 383 g/mol. The molecular weight excluding hydrogens is 359 g/mol. The first kappa shape index (κ1) is 18.6. The molecule has 2 saturated heterocycles. The quantitative estimate of drug-likeness (QED) is 0.814. The molecule has 0 aliphatic carbocycles. The van der Waals surface area contributed by atoms with E-state index < -0.39 is 0 Å². The van der Waals surface area contributed by atoms with Gasteiger partial charge in [0.15, 0.2) is 0 Å². The van der Waals surface area contributed by atoms with Crippen LogP contribution in [0.15, 0.2) is 30.5 Å². The van der Waals surface area contributed by atoms with Crippen LogP contribution in [0.3, 0.4) is 0 Å². The van der Waals surface area contributed by atoms with E-state index in [4.69, 9.17) is 11.3 Å². The Labute approximate surface area is 163 Å². The zero-order valence-electron chi connectivity index (χ0n) is 15.8. The summed E-state index contributed by atoms with van der Waals surface area (Å²) in [5.74, 6) is 0.443. The molecule has 1 amide bonds. The third-order valence-corrected chi connectivity index (χ3v) is 5.56. The van der Waals surface area contributed by atoms with Crippen molar-refractivity contribution in [3.05, 3.63) is 41.1 Å². The fourth-order valence-electron chi connectivity index (χ4n) is 4.04. The second kappa shape index (κ2) is 8.11. The van der Waals surface area contributed by atoms with Crippen molar-refractivity contribution >= 4 is 16.8 Å². The summed E-state index contributed by atoms with van der Waals surface area (Å²) < 4.78 is 19.8. The van der Waals surface area contributed by atoms with E-state index in [0.717, 1.165) is 45.3 Å². The minimum atomic E-state index is -0.303. The molecule has 0 radical (unpaired) electrons. The molecule has 0 spiro atoms. The summed E-state index contributed by atoms with van der Waals surface area (Å²) in [4.78, 5) is 24.5. The van der Waals surface area contributed by atoms with E-state index in [1.165, 1.54) is 12.1 Å². The lowest BCUT2D eigenvalue weighted by Gasteiger charge is -2.32. The number of benzene rings is 1. The summed E-state index contributed by atoms with van der Waals surface area (Å²) in [6.45, 7) is 8.10. The van der Waals surface area contributed by atoms with Gasteiger partial charge in [0.1, 0.15) is 17.7 Å². The number of likely N-dealkylation sites (tertiary alicyclic amines) is 2. The van der Waals surface area contributed by atoms with Crippen molar-refractivity contribution in [2.45, 2.75) is 38.0 Å². The van der Waals surface area contributed by atoms with Crippen LogP contribution < -0.4 is 4.74 Å². The fourth-order valence-corrected chi connectivity index (χ4v) is 4.04. The number of nitrogens with zero attached hydrogens (tertiary/aromatic N) is 4. The molecule has 0 bridgehead atoms. The molecule has 6 nitrogen and oxygen atoms in total. The number of pyridine rings is 1. The van der Waals surface area contributed by atoms with Gasteiger partial charge in [0, 0.05) is 31.2 Å². The Morgan fingerprint density at radius 1 is 1.25 bits per heavy atom. The molecule has 7 heteroatoms. The van der Waals surface area contributed by atoms with E-state index in [-0.39, 0.29) is 24.0 Å². The predicted octanol–water partition coefficient (Wildman–Crippen LogP) is 3.13. The van der Waals surface area contributed by atoms with Crippen molar-refractivity contribution in [2.75, 3.05) is 26.2 Å². The molecule has 0 N–H and O–H groups in total. The molecule has 2 fully saturated rings. The Morgan fingerprint density at radius 3 is 2.86 bits per heavy atom. The maximum atomic E-state index is 13.6. The molecule has 4 rings (SSSR count). The van der Waals surface area contributed by atoms with Gasteiger partial charge in [0.2, 0.25) is 5.91 Å². The maximum absolute atomic E-state index is 13.6. The van der Waals surface area contributed by atoms with Gasteiger partial charge in [-0.25, -0.2) is 4.39 Å². The number of ether oxygens (including phenoxy) is 1. The largest absolute Gasteiger partial charge is 0.490 e. The van der Waals surface area contributed by atoms with E-state index in [1.54, 1.807) is 23.2 Å². The van der Waals surface area contributed by atoms with Gasteiger partial charge in [-0.1, -0.05) is 4.85 Å². The fraction of sp³-hybridized carbons (Fsp3) is 0.476. The lowest BCUT2D eigenvalue weighted by atomic mass is 10.1. The first-order chi connectivity index (χ1) is 13.6. The highest BCUT2D eigenvalue weighted by Gasteiger charge is 2.36. The van der Waals surface area contributed by atoms with E-state index in [0.29, 0.717) is 23.2 Å². The number of halogens is 1. The minimum Gasteiger partial charge on any atom is -0.490 e. The van der Waals surface area contributed by atoms with Gasteiger partial charge < -0.3 is 4.74 Å². The monoisotopic (exact) mass is 383 g/mol. The standard InChI is InChI=1S/C21H24FN4O2/c1-23-20-3-2-10-26(20)21(27)14-25-11-7-16(8-12-25)28-19-6-9-24-18-5-4-15(22)13-17(18)19/h1,4-6,9,13,16,20H,2-3,7-8,10-12,14H2/q+1/t20-/m0/s1. The number of carbonyl (C=O) groups excluding carboxylic acids is 1. The molecule has 0 unspecified atom stereocenters. The molecule has 28 heavy (non-hydrogen) atoms. The third-order valence-electron chi connectivity index (χ3n) is 5.56. The molecule has 1 aromatic heterocycles. The SMILES string of the molecule is C#[N+][C@@H]1CCCN1C(=O)CN1CCC(Oc2ccnc3ccc(F)cc23)CC1. The maximum Gasteiger partial charge on any atom is 0.349 e. The molecule has 3 heterocycles. The van der Waals surface area contributed by atoms with Crippen LogP contribution in [0, 0.1) is 12.4 Å². The summed E-state index contributed by atoms with van der Waals surface area (Å²) in [6.07, 6.45) is 4.98. The van der Waals surface area contributed by atoms with Crippen molar-refractivity contribution in [3.8, 4) is 12.3 Å². The molecule has 1 atom stereocenters. The highest BCUT2D eigenvalue weighted by Crippen LogP contribution is 2.27. The summed E-state index contributed by atoms with van der Waals surface area (Å²) in [5.41, 5.74) is 0.715. The number of hydrogen-bond donors (Lipinski definition) is 0. The van der Waals surface area contributed by atoms with Crippen LogP contribution in [0.4, 0.5) is 4.39 Å². The molecule has 146 valence electrons. The summed E-state index contributed by atoms with van der Waals surface area (Å²) in [5, 5.41) is 0.686. The molecule has 2 aliphatic rings. The van der Waals surface area contributed by atoms with Crippen molar-refractivity contribution in [3.63, 3.8) is 0 Å². The van der Waals surface area contributed by atoms with E-state index >= 15 is 0 Å². The summed E-state index contributed by atoms with van der Waals surface area (Å²) >= 11 is 0. The molecular formula is C21H24FN4O2+. The highest BCUT2D eigenvalue weighted by molar-refractivity contribution is 5.84. The Morgan fingerprint density at radius 2 is 2.07 bits per heavy atom. The topological polar surface area (TPSA) is 50.0 Å². The number of piperidine rings is 1. The number of rotatable bonds is 4. The number of hydrogen-bond acceptors (Lipinski definition) is 4. The van der Waals surface area contributed by atoms with Gasteiger partial charge in [-0.05, 0) is 43.5 Å². The zero-order chi connectivity index (χ0) is 19.5. The molecule has 2 aliphatic heterocycles. The third kappa shape index (κ3) is 3.92.